The van der Waals surface area contributed by atoms with Gasteiger partial charge in [-0.1, -0.05) is 25.5 Å². The number of halogens is 2. The molecule has 20 heavy (non-hydrogen) atoms. The van der Waals surface area contributed by atoms with Crippen LogP contribution in [0.2, 0.25) is 0 Å². The molecule has 1 aromatic rings. The number of nitrogens with one attached hydrogen (secondary N) is 1. The van der Waals surface area contributed by atoms with E-state index < -0.39 is 0 Å². The first-order chi connectivity index (χ1) is 8.85. The van der Waals surface area contributed by atoms with Gasteiger partial charge in [-0.25, -0.2) is 0 Å². The van der Waals surface area contributed by atoms with Crippen LogP contribution in [0.5, 0.6) is 0 Å². The van der Waals surface area contributed by atoms with Crippen molar-refractivity contribution in [3.8, 4) is 6.07 Å². The Morgan fingerprint density at radius 1 is 1.20 bits per heavy atom. The summed E-state index contributed by atoms with van der Waals surface area (Å²) in [7, 11) is 0. The van der Waals surface area contributed by atoms with Crippen LogP contribution in [0.3, 0.4) is 0 Å². The quantitative estimate of drug-likeness (QED) is 0.927. The second kappa shape index (κ2) is 10.0. The Bertz CT molecular complexity index is 408. The van der Waals surface area contributed by atoms with Crippen molar-refractivity contribution in [1.29, 1.82) is 5.26 Å². The van der Waals surface area contributed by atoms with Crippen LogP contribution in [0.15, 0.2) is 24.3 Å². The van der Waals surface area contributed by atoms with Crippen LogP contribution in [-0.2, 0) is 0 Å². The molecule has 1 saturated heterocycles. The zero-order valence-electron chi connectivity index (χ0n) is 11.8. The molecule has 1 heterocycles. The number of hydrogen-bond donors (Lipinski definition) is 1. The highest BCUT2D eigenvalue weighted by molar-refractivity contribution is 5.85. The topological polar surface area (TPSA) is 39.1 Å². The van der Waals surface area contributed by atoms with E-state index in [1.807, 2.05) is 12.1 Å². The Balaban J connectivity index is 0.00000180. The van der Waals surface area contributed by atoms with Gasteiger partial charge in [-0.2, -0.15) is 5.26 Å². The highest BCUT2D eigenvalue weighted by Crippen LogP contribution is 2.26. The summed E-state index contributed by atoms with van der Waals surface area (Å²) in [5.74, 6) is 0. The Morgan fingerprint density at radius 2 is 1.80 bits per heavy atom. The van der Waals surface area contributed by atoms with Crippen LogP contribution in [0.4, 0.5) is 0 Å². The summed E-state index contributed by atoms with van der Waals surface area (Å²) in [5.41, 5.74) is 2.09. The van der Waals surface area contributed by atoms with Crippen LogP contribution in [-0.4, -0.2) is 31.1 Å². The molecule has 2 rings (SSSR count). The van der Waals surface area contributed by atoms with Gasteiger partial charge in [0.1, 0.15) is 0 Å². The molecular formula is C15H23Cl2N3. The van der Waals surface area contributed by atoms with Crippen LogP contribution in [0.25, 0.3) is 0 Å². The maximum absolute atomic E-state index is 8.85. The number of nitrogens with zero attached hydrogens (tertiary/aromatic N) is 2. The molecule has 0 saturated carbocycles. The van der Waals surface area contributed by atoms with E-state index in [0.29, 0.717) is 6.04 Å². The molecule has 1 aromatic carbocycles. The number of piperazine rings is 1. The molecule has 1 aliphatic rings. The third kappa shape index (κ3) is 4.96. The summed E-state index contributed by atoms with van der Waals surface area (Å²) in [5, 5.41) is 12.2. The van der Waals surface area contributed by atoms with Crippen molar-refractivity contribution >= 4 is 24.8 Å². The van der Waals surface area contributed by atoms with E-state index in [2.05, 4.69) is 35.3 Å². The lowest BCUT2D eigenvalue weighted by Gasteiger charge is -2.35. The van der Waals surface area contributed by atoms with Gasteiger partial charge >= 0.3 is 0 Å². The minimum atomic E-state index is 0. The molecule has 0 aliphatic carbocycles. The van der Waals surface area contributed by atoms with Crippen molar-refractivity contribution in [3.63, 3.8) is 0 Å². The smallest absolute Gasteiger partial charge is 0.0991 e. The van der Waals surface area contributed by atoms with Gasteiger partial charge in [-0.3, -0.25) is 4.90 Å². The molecule has 0 unspecified atom stereocenters. The minimum absolute atomic E-state index is 0. The predicted molar refractivity (Wildman–Crippen MR) is 87.7 cm³/mol. The molecule has 0 bridgehead atoms. The summed E-state index contributed by atoms with van der Waals surface area (Å²) in [6.07, 6.45) is 2.38. The van der Waals surface area contributed by atoms with Gasteiger partial charge in [0.15, 0.2) is 0 Å². The Hall–Kier alpha value is -0.790. The van der Waals surface area contributed by atoms with E-state index in [9.17, 15) is 0 Å². The predicted octanol–water partition coefficient (Wildman–Crippen LogP) is 3.15. The summed E-state index contributed by atoms with van der Waals surface area (Å²) in [6, 6.07) is 10.8. The van der Waals surface area contributed by atoms with Gasteiger partial charge < -0.3 is 5.32 Å². The van der Waals surface area contributed by atoms with Crippen molar-refractivity contribution in [1.82, 2.24) is 10.2 Å². The second-order valence-corrected chi connectivity index (χ2v) is 4.82. The van der Waals surface area contributed by atoms with E-state index in [-0.39, 0.29) is 24.8 Å². The molecule has 1 fully saturated rings. The number of benzene rings is 1. The first-order valence-electron chi connectivity index (χ1n) is 6.80. The molecule has 5 heteroatoms. The largest absolute Gasteiger partial charge is 0.314 e. The highest BCUT2D eigenvalue weighted by atomic mass is 35.5. The van der Waals surface area contributed by atoms with Crippen molar-refractivity contribution in [3.05, 3.63) is 35.4 Å². The molecule has 1 aliphatic heterocycles. The molecular weight excluding hydrogens is 293 g/mol. The molecule has 0 aromatic heterocycles. The molecule has 3 nitrogen and oxygen atoms in total. The van der Waals surface area contributed by atoms with Gasteiger partial charge in [0.25, 0.3) is 0 Å². The van der Waals surface area contributed by atoms with Gasteiger partial charge in [0.2, 0.25) is 0 Å². The third-order valence-electron chi connectivity index (χ3n) is 3.58. The van der Waals surface area contributed by atoms with Crippen LogP contribution in [0, 0.1) is 11.3 Å². The van der Waals surface area contributed by atoms with Crippen LogP contribution < -0.4 is 5.32 Å². The van der Waals surface area contributed by atoms with Gasteiger partial charge in [0, 0.05) is 32.2 Å². The summed E-state index contributed by atoms with van der Waals surface area (Å²) in [6.45, 7) is 6.63. The lowest BCUT2D eigenvalue weighted by atomic mass is 9.99. The fourth-order valence-corrected chi connectivity index (χ4v) is 2.61. The van der Waals surface area contributed by atoms with Gasteiger partial charge in [-0.15, -0.1) is 24.8 Å². The fourth-order valence-electron chi connectivity index (χ4n) is 2.61. The SMILES string of the molecule is CCC[C@H](c1ccc(C#N)cc1)N1CCNCC1.Cl.Cl. The molecule has 112 valence electrons. The van der Waals surface area contributed by atoms with Crippen molar-refractivity contribution in [2.24, 2.45) is 0 Å². The van der Waals surface area contributed by atoms with Gasteiger partial charge in [-0.05, 0) is 24.1 Å². The normalized spacial score (nSPS) is 16.4. The van der Waals surface area contributed by atoms with Crippen LogP contribution in [0.1, 0.15) is 36.9 Å². The average molecular weight is 316 g/mol. The zero-order valence-corrected chi connectivity index (χ0v) is 13.5. The van der Waals surface area contributed by atoms with Crippen molar-refractivity contribution in [2.45, 2.75) is 25.8 Å². The summed E-state index contributed by atoms with van der Waals surface area (Å²) in [4.78, 5) is 2.56. The number of rotatable bonds is 4. The zero-order chi connectivity index (χ0) is 12.8. The number of nitriles is 1. The summed E-state index contributed by atoms with van der Waals surface area (Å²) >= 11 is 0. The lowest BCUT2D eigenvalue weighted by molar-refractivity contribution is 0.164. The monoisotopic (exact) mass is 315 g/mol. The fraction of sp³-hybridized carbons (Fsp3) is 0.533. The second-order valence-electron chi connectivity index (χ2n) is 4.82. The Morgan fingerprint density at radius 3 is 2.30 bits per heavy atom. The van der Waals surface area contributed by atoms with E-state index in [0.717, 1.165) is 31.7 Å². The molecule has 1 N–H and O–H groups in total. The Kier molecular flexibility index (Phi) is 9.62. The number of hydrogen-bond acceptors (Lipinski definition) is 3. The van der Waals surface area contributed by atoms with Crippen molar-refractivity contribution in [2.75, 3.05) is 26.2 Å². The van der Waals surface area contributed by atoms with Gasteiger partial charge in [0.05, 0.1) is 11.6 Å². The Labute approximate surface area is 134 Å². The third-order valence-corrected chi connectivity index (χ3v) is 3.58. The first kappa shape index (κ1) is 19.2. The van der Waals surface area contributed by atoms with E-state index in [4.69, 9.17) is 5.26 Å². The van der Waals surface area contributed by atoms with Crippen molar-refractivity contribution < 1.29 is 0 Å². The molecule has 1 atom stereocenters. The standard InChI is InChI=1S/C15H21N3.2ClH/c1-2-3-15(18-10-8-17-9-11-18)14-6-4-13(12-16)5-7-14;;/h4-7,15,17H,2-3,8-11H2,1H3;2*1H/t15-;;/m1../s1. The first-order valence-corrected chi connectivity index (χ1v) is 6.80. The van der Waals surface area contributed by atoms with E-state index >= 15 is 0 Å². The maximum atomic E-state index is 8.85. The van der Waals surface area contributed by atoms with E-state index in [1.54, 1.807) is 0 Å². The summed E-state index contributed by atoms with van der Waals surface area (Å²) < 4.78 is 0. The molecule has 0 spiro atoms. The van der Waals surface area contributed by atoms with E-state index in [1.165, 1.54) is 18.4 Å². The highest BCUT2D eigenvalue weighted by Gasteiger charge is 2.21. The lowest BCUT2D eigenvalue weighted by Crippen LogP contribution is -2.45. The average Bonchev–Trinajstić information content (AvgIpc) is 2.46. The maximum Gasteiger partial charge on any atom is 0.0991 e. The van der Waals surface area contributed by atoms with Crippen LogP contribution >= 0.6 is 24.8 Å². The minimum Gasteiger partial charge on any atom is -0.314 e. The molecule has 0 amide bonds. The molecule has 0 radical (unpaired) electrons.